The van der Waals surface area contributed by atoms with E-state index >= 15 is 0 Å². The molecular weight excluding hydrogens is 427 g/mol. The highest BCUT2D eigenvalue weighted by atomic mass is 35.5. The number of benzene rings is 2. The summed E-state index contributed by atoms with van der Waals surface area (Å²) in [7, 11) is 0. The van der Waals surface area contributed by atoms with Gasteiger partial charge < -0.3 is 9.73 Å². The van der Waals surface area contributed by atoms with Crippen LogP contribution in [0.1, 0.15) is 11.1 Å². The molecule has 0 aliphatic heterocycles. The summed E-state index contributed by atoms with van der Waals surface area (Å²) in [4.78, 5) is -0.0332. The molecular formula is C18H13ClF3N5OS. The predicted molar refractivity (Wildman–Crippen MR) is 105 cm³/mol. The van der Waals surface area contributed by atoms with Crippen molar-refractivity contribution in [3.05, 3.63) is 52.5 Å². The molecule has 0 aliphatic carbocycles. The van der Waals surface area contributed by atoms with Crippen LogP contribution in [0.3, 0.4) is 0 Å². The van der Waals surface area contributed by atoms with Crippen LogP contribution in [0.5, 0.6) is 0 Å². The van der Waals surface area contributed by atoms with Crippen LogP contribution in [0, 0.1) is 6.92 Å². The summed E-state index contributed by atoms with van der Waals surface area (Å²) in [5.74, 6) is 0.924. The number of furan rings is 1. The van der Waals surface area contributed by atoms with Gasteiger partial charge in [0, 0.05) is 28.1 Å². The molecule has 2 aromatic carbocycles. The number of H-pyrrole nitrogens is 1. The van der Waals surface area contributed by atoms with E-state index in [1.165, 1.54) is 12.1 Å². The third-order valence-electron chi connectivity index (χ3n) is 4.20. The first kappa shape index (κ1) is 19.6. The van der Waals surface area contributed by atoms with Crippen LogP contribution in [0.2, 0.25) is 5.02 Å². The third-order valence-corrected chi connectivity index (χ3v) is 5.44. The summed E-state index contributed by atoms with van der Waals surface area (Å²) >= 11 is 5.74. The van der Waals surface area contributed by atoms with Crippen LogP contribution in [0.25, 0.3) is 22.6 Å². The summed E-state index contributed by atoms with van der Waals surface area (Å²) < 4.78 is 43.3. The van der Waals surface area contributed by atoms with Crippen molar-refractivity contribution in [3.63, 3.8) is 0 Å². The Kier molecular flexibility index (Phi) is 5.13. The first-order valence-electron chi connectivity index (χ1n) is 8.35. The summed E-state index contributed by atoms with van der Waals surface area (Å²) in [6.45, 7) is 2.37. The molecule has 0 aliphatic rings. The van der Waals surface area contributed by atoms with E-state index in [0.29, 0.717) is 29.4 Å². The molecule has 0 fully saturated rings. The topological polar surface area (TPSA) is 79.6 Å². The predicted octanol–water partition coefficient (Wildman–Crippen LogP) is 5.80. The summed E-state index contributed by atoms with van der Waals surface area (Å²) in [5.41, 5.74) is -1.21. The minimum absolute atomic E-state index is 0.0332. The highest BCUT2D eigenvalue weighted by molar-refractivity contribution is 8.00. The number of aromatic nitrogens is 4. The summed E-state index contributed by atoms with van der Waals surface area (Å²) in [6.07, 6.45) is 0. The zero-order valence-corrected chi connectivity index (χ0v) is 16.4. The van der Waals surface area contributed by atoms with Crippen LogP contribution in [0.15, 0.2) is 45.7 Å². The SMILES string of the molecule is Cc1c(-c2nn[nH]n2)oc2ccc(CNc3ccc(SC(F)(F)F)c(Cl)c3)cc12. The van der Waals surface area contributed by atoms with E-state index < -0.39 is 5.51 Å². The fraction of sp³-hybridized carbons (Fsp3) is 0.167. The molecule has 29 heavy (non-hydrogen) atoms. The van der Waals surface area contributed by atoms with Crippen molar-refractivity contribution in [1.29, 1.82) is 0 Å². The number of rotatable bonds is 5. The lowest BCUT2D eigenvalue weighted by atomic mass is 10.1. The van der Waals surface area contributed by atoms with Gasteiger partial charge in [-0.15, -0.1) is 10.2 Å². The van der Waals surface area contributed by atoms with Gasteiger partial charge in [0.2, 0.25) is 5.82 Å². The minimum Gasteiger partial charge on any atom is -0.452 e. The third kappa shape index (κ3) is 4.33. The number of halogens is 4. The molecule has 0 saturated heterocycles. The van der Waals surface area contributed by atoms with Crippen LogP contribution < -0.4 is 5.32 Å². The van der Waals surface area contributed by atoms with Crippen LogP contribution in [-0.2, 0) is 6.54 Å². The molecule has 4 aromatic rings. The number of hydrogen-bond acceptors (Lipinski definition) is 6. The quantitative estimate of drug-likeness (QED) is 0.383. The number of fused-ring (bicyclic) bond motifs is 1. The van der Waals surface area contributed by atoms with E-state index in [2.05, 4.69) is 25.9 Å². The lowest BCUT2D eigenvalue weighted by Crippen LogP contribution is -2.01. The molecule has 0 spiro atoms. The summed E-state index contributed by atoms with van der Waals surface area (Å²) in [6, 6.07) is 10.1. The highest BCUT2D eigenvalue weighted by Gasteiger charge is 2.30. The highest BCUT2D eigenvalue weighted by Crippen LogP contribution is 2.41. The lowest BCUT2D eigenvalue weighted by Gasteiger charge is -2.11. The zero-order chi connectivity index (χ0) is 20.6. The van der Waals surface area contributed by atoms with Crippen molar-refractivity contribution in [2.75, 3.05) is 5.32 Å². The number of aryl methyl sites for hydroxylation is 1. The van der Waals surface area contributed by atoms with Crippen molar-refractivity contribution in [2.45, 2.75) is 23.9 Å². The maximum atomic E-state index is 12.5. The van der Waals surface area contributed by atoms with E-state index in [1.54, 1.807) is 6.07 Å². The Bertz CT molecular complexity index is 1160. The fourth-order valence-electron chi connectivity index (χ4n) is 2.87. The minimum atomic E-state index is -4.38. The van der Waals surface area contributed by atoms with Crippen molar-refractivity contribution >= 4 is 40.0 Å². The molecule has 11 heteroatoms. The molecule has 0 amide bonds. The molecule has 0 saturated carbocycles. The van der Waals surface area contributed by atoms with Gasteiger partial charge in [-0.05, 0) is 59.8 Å². The number of hydrogen-bond donors (Lipinski definition) is 2. The number of nitrogens with zero attached hydrogens (tertiary/aromatic N) is 3. The van der Waals surface area contributed by atoms with Gasteiger partial charge in [-0.2, -0.15) is 18.4 Å². The number of tetrazole rings is 1. The van der Waals surface area contributed by atoms with E-state index in [1.807, 2.05) is 25.1 Å². The first-order valence-corrected chi connectivity index (χ1v) is 9.54. The first-order chi connectivity index (χ1) is 13.8. The normalized spacial score (nSPS) is 11.9. The van der Waals surface area contributed by atoms with Crippen LogP contribution in [-0.4, -0.2) is 26.1 Å². The van der Waals surface area contributed by atoms with E-state index in [4.69, 9.17) is 16.0 Å². The molecule has 4 rings (SSSR count). The smallest absolute Gasteiger partial charge is 0.446 e. The van der Waals surface area contributed by atoms with E-state index in [0.717, 1.165) is 16.5 Å². The van der Waals surface area contributed by atoms with Gasteiger partial charge in [0.15, 0.2) is 5.76 Å². The number of thioether (sulfide) groups is 1. The molecule has 2 aromatic heterocycles. The van der Waals surface area contributed by atoms with Crippen molar-refractivity contribution in [2.24, 2.45) is 0 Å². The van der Waals surface area contributed by atoms with E-state index in [9.17, 15) is 13.2 Å². The zero-order valence-electron chi connectivity index (χ0n) is 14.8. The molecule has 2 heterocycles. The average Bonchev–Trinajstić information content (AvgIpc) is 3.29. The van der Waals surface area contributed by atoms with Gasteiger partial charge in [0.25, 0.3) is 0 Å². The van der Waals surface area contributed by atoms with E-state index in [-0.39, 0.29) is 21.7 Å². The number of aromatic amines is 1. The van der Waals surface area contributed by atoms with Gasteiger partial charge in [-0.25, -0.2) is 0 Å². The maximum Gasteiger partial charge on any atom is 0.446 e. The Balaban J connectivity index is 1.51. The monoisotopic (exact) mass is 439 g/mol. The molecule has 6 nitrogen and oxygen atoms in total. The van der Waals surface area contributed by atoms with Crippen molar-refractivity contribution in [3.8, 4) is 11.6 Å². The molecule has 0 radical (unpaired) electrons. The Morgan fingerprint density at radius 2 is 2.03 bits per heavy atom. The molecule has 0 unspecified atom stereocenters. The Labute approximate surface area is 171 Å². The van der Waals surface area contributed by atoms with Gasteiger partial charge in [-0.3, -0.25) is 0 Å². The molecule has 2 N–H and O–H groups in total. The van der Waals surface area contributed by atoms with Crippen molar-refractivity contribution in [1.82, 2.24) is 20.6 Å². The largest absolute Gasteiger partial charge is 0.452 e. The number of alkyl halides is 3. The maximum absolute atomic E-state index is 12.5. The summed E-state index contributed by atoms with van der Waals surface area (Å²) in [5, 5.41) is 17.9. The average molecular weight is 440 g/mol. The molecule has 150 valence electrons. The number of anilines is 1. The Morgan fingerprint density at radius 3 is 2.72 bits per heavy atom. The standard InChI is InChI=1S/C18H13ClF3N5OS/c1-9-12-6-10(2-4-14(12)28-16(9)17-24-26-27-25-17)8-23-11-3-5-15(13(19)7-11)29-18(20,21)22/h2-7,23H,8H2,1H3,(H,24,25,26,27). The van der Waals surface area contributed by atoms with Gasteiger partial charge in [0.1, 0.15) is 5.58 Å². The van der Waals surface area contributed by atoms with Crippen LogP contribution in [0.4, 0.5) is 18.9 Å². The Morgan fingerprint density at radius 1 is 1.21 bits per heavy atom. The van der Waals surface area contributed by atoms with Gasteiger partial charge in [-0.1, -0.05) is 17.7 Å². The number of nitrogens with one attached hydrogen (secondary N) is 2. The van der Waals surface area contributed by atoms with Gasteiger partial charge in [0.05, 0.1) is 5.02 Å². The fourth-order valence-corrected chi connectivity index (χ4v) is 3.71. The molecule has 0 bridgehead atoms. The van der Waals surface area contributed by atoms with Crippen LogP contribution >= 0.6 is 23.4 Å². The second kappa shape index (κ2) is 7.60. The molecule has 0 atom stereocenters. The second-order valence-corrected chi connectivity index (χ2v) is 7.68. The van der Waals surface area contributed by atoms with Crippen molar-refractivity contribution < 1.29 is 17.6 Å². The van der Waals surface area contributed by atoms with Gasteiger partial charge >= 0.3 is 5.51 Å². The lowest BCUT2D eigenvalue weighted by molar-refractivity contribution is -0.0328. The Hall–Kier alpha value is -2.72. The second-order valence-electron chi connectivity index (χ2n) is 6.17.